The van der Waals surface area contributed by atoms with E-state index in [-0.39, 0.29) is 15.8 Å². The normalized spacial score (nSPS) is 12.3. The largest absolute Gasteiger partial charge is 0.573 e. The molecule has 0 spiro atoms. The smallest absolute Gasteiger partial charge is 0.506 e. The number of hydrogen-bond acceptors (Lipinski definition) is 5. The van der Waals surface area contributed by atoms with Crippen LogP contribution in [0.1, 0.15) is 12.5 Å². The van der Waals surface area contributed by atoms with Crippen LogP contribution in [0.5, 0.6) is 11.5 Å². The van der Waals surface area contributed by atoms with Crippen molar-refractivity contribution in [1.29, 1.82) is 0 Å². The van der Waals surface area contributed by atoms with Crippen molar-refractivity contribution >= 4 is 20.7 Å². The molecule has 1 N–H and O–H groups in total. The maximum atomic E-state index is 12.8. The Bertz CT molecular complexity index is 1090. The highest BCUT2D eigenvalue weighted by Gasteiger charge is 2.31. The zero-order chi connectivity index (χ0) is 19.8. The van der Waals surface area contributed by atoms with Crippen LogP contribution in [-0.4, -0.2) is 24.9 Å². The molecule has 0 radical (unpaired) electrons. The first-order valence-corrected chi connectivity index (χ1v) is 9.31. The highest BCUT2D eigenvalue weighted by molar-refractivity contribution is 7.91. The van der Waals surface area contributed by atoms with E-state index in [0.717, 1.165) is 30.3 Å². The summed E-state index contributed by atoms with van der Waals surface area (Å²) in [5.41, 5.74) is 1.06. The summed E-state index contributed by atoms with van der Waals surface area (Å²) < 4.78 is 66.6. The van der Waals surface area contributed by atoms with Gasteiger partial charge in [-0.1, -0.05) is 19.1 Å². The van der Waals surface area contributed by atoms with Gasteiger partial charge in [-0.15, -0.1) is 13.2 Å². The molecule has 5 nitrogen and oxygen atoms in total. The van der Waals surface area contributed by atoms with E-state index in [4.69, 9.17) is 0 Å². The maximum absolute atomic E-state index is 12.8. The van der Waals surface area contributed by atoms with Crippen molar-refractivity contribution in [3.8, 4) is 11.5 Å². The summed E-state index contributed by atoms with van der Waals surface area (Å²) in [6, 6.07) is 9.22. The summed E-state index contributed by atoms with van der Waals surface area (Å²) in [6.07, 6.45) is -3.21. The lowest BCUT2D eigenvalue weighted by Gasteiger charge is -2.12. The third-order valence-electron chi connectivity index (χ3n) is 3.94. The van der Waals surface area contributed by atoms with E-state index >= 15 is 0 Å². The fraction of sp³-hybridized carbons (Fsp3) is 0.167. The van der Waals surface area contributed by atoms with Crippen molar-refractivity contribution < 1.29 is 31.4 Å². The minimum Gasteiger partial charge on any atom is -0.506 e. The van der Waals surface area contributed by atoms with Gasteiger partial charge in [-0.2, -0.15) is 0 Å². The highest BCUT2D eigenvalue weighted by Crippen LogP contribution is 2.36. The van der Waals surface area contributed by atoms with Crippen molar-refractivity contribution in [3.05, 3.63) is 54.2 Å². The quantitative estimate of drug-likeness (QED) is 0.713. The van der Waals surface area contributed by atoms with Gasteiger partial charge in [0.25, 0.3) is 0 Å². The van der Waals surface area contributed by atoms with Crippen molar-refractivity contribution in [2.24, 2.45) is 0 Å². The highest BCUT2D eigenvalue weighted by atomic mass is 32.2. The summed E-state index contributed by atoms with van der Waals surface area (Å²) in [5, 5.41) is 10.3. The molecule has 0 amide bonds. The van der Waals surface area contributed by atoms with Crippen molar-refractivity contribution in [2.45, 2.75) is 29.5 Å². The molecule has 0 aliphatic carbocycles. The van der Waals surface area contributed by atoms with E-state index in [9.17, 15) is 26.7 Å². The number of aromatic nitrogens is 1. The molecule has 0 aliphatic rings. The molecule has 1 aromatic heterocycles. The van der Waals surface area contributed by atoms with Gasteiger partial charge in [-0.3, -0.25) is 4.98 Å². The summed E-state index contributed by atoms with van der Waals surface area (Å²) in [4.78, 5) is 3.38. The second kappa shape index (κ2) is 6.73. The van der Waals surface area contributed by atoms with Gasteiger partial charge >= 0.3 is 6.36 Å². The second-order valence-electron chi connectivity index (χ2n) is 5.70. The average molecular weight is 397 g/mol. The number of rotatable bonds is 4. The molecular formula is C18H14F3NO4S. The third kappa shape index (κ3) is 3.82. The molecule has 1 heterocycles. The lowest BCUT2D eigenvalue weighted by Crippen LogP contribution is -2.17. The summed E-state index contributed by atoms with van der Waals surface area (Å²) in [6.45, 7) is 1.92. The minimum atomic E-state index is -4.92. The summed E-state index contributed by atoms with van der Waals surface area (Å²) >= 11 is 0. The SMILES string of the molecule is CCc1ccc(S(=O)(=O)c2cnc3ccc(OC(F)(F)F)cc3c2O)cc1. The van der Waals surface area contributed by atoms with E-state index in [1.807, 2.05) is 6.92 Å². The number of alkyl halides is 3. The number of nitrogens with zero attached hydrogens (tertiary/aromatic N) is 1. The molecule has 2 aromatic carbocycles. The van der Waals surface area contributed by atoms with E-state index < -0.39 is 32.6 Å². The zero-order valence-corrected chi connectivity index (χ0v) is 14.8. The van der Waals surface area contributed by atoms with Crippen LogP contribution in [0, 0.1) is 0 Å². The Morgan fingerprint density at radius 3 is 2.37 bits per heavy atom. The standard InChI is InChI=1S/C18H14F3NO4S/c1-2-11-3-6-13(7-4-11)27(24,25)16-10-22-15-8-5-12(26-18(19,20)21)9-14(15)17(16)23/h3-10H,2H2,1H3,(H,22,23). The Morgan fingerprint density at radius 2 is 1.78 bits per heavy atom. The Kier molecular flexibility index (Phi) is 4.73. The molecule has 0 saturated carbocycles. The van der Waals surface area contributed by atoms with Gasteiger partial charge in [0, 0.05) is 5.39 Å². The van der Waals surface area contributed by atoms with Crippen molar-refractivity contribution in [1.82, 2.24) is 4.98 Å². The number of benzene rings is 2. The summed E-state index contributed by atoms with van der Waals surface area (Å²) in [7, 11) is -4.11. The van der Waals surface area contributed by atoms with Crippen LogP contribution in [0.25, 0.3) is 10.9 Å². The van der Waals surface area contributed by atoms with Gasteiger partial charge < -0.3 is 9.84 Å². The predicted molar refractivity (Wildman–Crippen MR) is 91.4 cm³/mol. The average Bonchev–Trinajstić information content (AvgIpc) is 2.61. The topological polar surface area (TPSA) is 76.5 Å². The minimum absolute atomic E-state index is 0.0566. The lowest BCUT2D eigenvalue weighted by atomic mass is 10.2. The molecular weight excluding hydrogens is 383 g/mol. The molecule has 142 valence electrons. The predicted octanol–water partition coefficient (Wildman–Crippen LogP) is 4.23. The molecule has 0 bridgehead atoms. The molecule has 0 saturated heterocycles. The molecule has 0 unspecified atom stereocenters. The summed E-state index contributed by atoms with van der Waals surface area (Å²) in [5.74, 6) is -1.28. The molecule has 0 atom stereocenters. The van der Waals surface area contributed by atoms with Crippen LogP contribution >= 0.6 is 0 Å². The lowest BCUT2D eigenvalue weighted by molar-refractivity contribution is -0.274. The zero-order valence-electron chi connectivity index (χ0n) is 14.0. The van der Waals surface area contributed by atoms with Crippen LogP contribution in [0.3, 0.4) is 0 Å². The van der Waals surface area contributed by atoms with Crippen LogP contribution in [0.4, 0.5) is 13.2 Å². The number of aromatic hydroxyl groups is 1. The Hall–Kier alpha value is -2.81. The Labute approximate surface area is 153 Å². The van der Waals surface area contributed by atoms with E-state index in [2.05, 4.69) is 9.72 Å². The first-order valence-electron chi connectivity index (χ1n) is 7.83. The fourth-order valence-corrected chi connectivity index (χ4v) is 3.87. The van der Waals surface area contributed by atoms with Gasteiger partial charge in [-0.25, -0.2) is 8.42 Å². The van der Waals surface area contributed by atoms with Crippen LogP contribution < -0.4 is 4.74 Å². The maximum Gasteiger partial charge on any atom is 0.573 e. The number of sulfone groups is 1. The number of hydrogen-bond donors (Lipinski definition) is 1. The first kappa shape index (κ1) is 19.0. The molecule has 3 aromatic rings. The van der Waals surface area contributed by atoms with Gasteiger partial charge in [-0.05, 0) is 42.3 Å². The molecule has 0 fully saturated rings. The Balaban J connectivity index is 2.12. The molecule has 9 heteroatoms. The van der Waals surface area contributed by atoms with Gasteiger partial charge in [0.1, 0.15) is 16.4 Å². The van der Waals surface area contributed by atoms with Gasteiger partial charge in [0.05, 0.1) is 16.6 Å². The van der Waals surface area contributed by atoms with Crippen LogP contribution in [-0.2, 0) is 16.3 Å². The molecule has 3 rings (SSSR count). The molecule has 0 aliphatic heterocycles. The number of fused-ring (bicyclic) bond motifs is 1. The fourth-order valence-electron chi connectivity index (χ4n) is 2.56. The monoisotopic (exact) mass is 397 g/mol. The Morgan fingerprint density at radius 1 is 1.11 bits per heavy atom. The number of aryl methyl sites for hydroxylation is 1. The number of halogens is 3. The van der Waals surface area contributed by atoms with E-state index in [1.54, 1.807) is 12.1 Å². The number of pyridine rings is 1. The van der Waals surface area contributed by atoms with Crippen LogP contribution in [0.15, 0.2) is 58.5 Å². The van der Waals surface area contributed by atoms with Gasteiger partial charge in [0.15, 0.2) is 0 Å². The first-order chi connectivity index (χ1) is 12.6. The molecule has 27 heavy (non-hydrogen) atoms. The van der Waals surface area contributed by atoms with Crippen LogP contribution in [0.2, 0.25) is 0 Å². The number of ether oxygens (including phenoxy) is 1. The van der Waals surface area contributed by atoms with Crippen molar-refractivity contribution in [3.63, 3.8) is 0 Å². The van der Waals surface area contributed by atoms with E-state index in [1.165, 1.54) is 18.2 Å². The van der Waals surface area contributed by atoms with E-state index in [0.29, 0.717) is 0 Å². The van der Waals surface area contributed by atoms with Gasteiger partial charge in [0.2, 0.25) is 9.84 Å². The second-order valence-corrected chi connectivity index (χ2v) is 7.62. The van der Waals surface area contributed by atoms with Crippen molar-refractivity contribution in [2.75, 3.05) is 0 Å². The third-order valence-corrected chi connectivity index (χ3v) is 5.71.